The second-order valence-corrected chi connectivity index (χ2v) is 6.55. The lowest BCUT2D eigenvalue weighted by molar-refractivity contribution is -0.384. The number of para-hydroxylation sites is 1. The predicted octanol–water partition coefficient (Wildman–Crippen LogP) is 3.98. The molecule has 2 aromatic rings. The number of carbonyl (C=O) groups excluding carboxylic acids is 1. The molecule has 2 N–H and O–H groups in total. The van der Waals surface area contributed by atoms with Gasteiger partial charge in [-0.3, -0.25) is 14.9 Å². The summed E-state index contributed by atoms with van der Waals surface area (Å²) in [6.07, 6.45) is 2.06. The zero-order valence-electron chi connectivity index (χ0n) is 15.8. The molecule has 8 heteroatoms. The van der Waals surface area contributed by atoms with Gasteiger partial charge in [0.25, 0.3) is 11.6 Å². The molecule has 0 spiro atoms. The lowest BCUT2D eigenvalue weighted by atomic mass is 10.1. The lowest BCUT2D eigenvalue weighted by Crippen LogP contribution is -2.20. The van der Waals surface area contributed by atoms with E-state index in [0.29, 0.717) is 17.9 Å². The monoisotopic (exact) mass is 404 g/mol. The van der Waals surface area contributed by atoms with Gasteiger partial charge < -0.3 is 15.5 Å². The predicted molar refractivity (Wildman–Crippen MR) is 114 cm³/mol. The van der Waals surface area contributed by atoms with E-state index in [1.54, 1.807) is 12.1 Å². The topological polar surface area (TPSA) is 87.5 Å². The fraction of sp³-hybridized carbons (Fsp3) is 0.350. The van der Waals surface area contributed by atoms with Crippen molar-refractivity contribution in [2.45, 2.75) is 26.3 Å². The highest BCUT2D eigenvalue weighted by atomic mass is 35.5. The Morgan fingerprint density at radius 2 is 1.89 bits per heavy atom. The molecule has 0 saturated carbocycles. The Labute approximate surface area is 170 Å². The molecule has 1 fully saturated rings. The van der Waals surface area contributed by atoms with Gasteiger partial charge in [-0.15, -0.1) is 12.4 Å². The van der Waals surface area contributed by atoms with E-state index in [4.69, 9.17) is 0 Å². The molecule has 150 valence electrons. The number of nitro benzene ring substituents is 1. The highest BCUT2D eigenvalue weighted by Gasteiger charge is 2.24. The molecule has 0 unspecified atom stereocenters. The minimum Gasteiger partial charge on any atom is -0.366 e. The maximum Gasteiger partial charge on any atom is 0.293 e. The van der Waals surface area contributed by atoms with Crippen LogP contribution in [0.1, 0.15) is 35.7 Å². The molecule has 0 aliphatic carbocycles. The quantitative estimate of drug-likeness (QED) is 0.538. The number of carbonyl (C=O) groups is 1. The Morgan fingerprint density at radius 1 is 1.18 bits per heavy atom. The van der Waals surface area contributed by atoms with Crippen LogP contribution >= 0.6 is 12.4 Å². The summed E-state index contributed by atoms with van der Waals surface area (Å²) in [4.78, 5) is 25.8. The molecule has 0 bridgehead atoms. The fourth-order valence-corrected chi connectivity index (χ4v) is 3.29. The number of hydrogen-bond donors (Lipinski definition) is 2. The summed E-state index contributed by atoms with van der Waals surface area (Å²) in [6, 6.07) is 12.2. The van der Waals surface area contributed by atoms with Gasteiger partial charge in [0.15, 0.2) is 0 Å². The van der Waals surface area contributed by atoms with Gasteiger partial charge in [0.2, 0.25) is 0 Å². The van der Waals surface area contributed by atoms with Gasteiger partial charge in [0.1, 0.15) is 5.69 Å². The number of amides is 1. The summed E-state index contributed by atoms with van der Waals surface area (Å²) < 4.78 is 0. The molecule has 28 heavy (non-hydrogen) atoms. The summed E-state index contributed by atoms with van der Waals surface area (Å²) in [5, 5.41) is 17.6. The fourth-order valence-electron chi connectivity index (χ4n) is 3.29. The Morgan fingerprint density at radius 3 is 2.57 bits per heavy atom. The van der Waals surface area contributed by atoms with Crippen molar-refractivity contribution in [2.24, 2.45) is 0 Å². The van der Waals surface area contributed by atoms with E-state index in [2.05, 4.69) is 10.6 Å². The normalized spacial score (nSPS) is 13.1. The molecule has 7 nitrogen and oxygen atoms in total. The van der Waals surface area contributed by atoms with E-state index < -0.39 is 4.92 Å². The average Bonchev–Trinajstić information content (AvgIpc) is 3.21. The molecule has 0 radical (unpaired) electrons. The van der Waals surface area contributed by atoms with Gasteiger partial charge in [-0.25, -0.2) is 0 Å². The third-order valence-electron chi connectivity index (χ3n) is 4.71. The third-order valence-corrected chi connectivity index (χ3v) is 4.71. The summed E-state index contributed by atoms with van der Waals surface area (Å²) in [6.45, 7) is 5.10. The van der Waals surface area contributed by atoms with Crippen molar-refractivity contribution in [3.05, 3.63) is 63.7 Å². The number of anilines is 2. The summed E-state index contributed by atoms with van der Waals surface area (Å²) in [7, 11) is 0. The highest BCUT2D eigenvalue weighted by Crippen LogP contribution is 2.32. The maximum atomic E-state index is 12.7. The first-order valence-electron chi connectivity index (χ1n) is 9.23. The zero-order chi connectivity index (χ0) is 19.2. The molecular weight excluding hydrogens is 380 g/mol. The minimum atomic E-state index is -0.413. The Balaban J connectivity index is 0.00000280. The smallest absolute Gasteiger partial charge is 0.293 e. The number of nitrogens with one attached hydrogen (secondary N) is 2. The van der Waals surface area contributed by atoms with Crippen LogP contribution in [0.5, 0.6) is 0 Å². The van der Waals surface area contributed by atoms with E-state index in [1.807, 2.05) is 36.1 Å². The number of nitrogens with zero attached hydrogens (tertiary/aromatic N) is 2. The van der Waals surface area contributed by atoms with Crippen molar-refractivity contribution >= 4 is 35.4 Å². The number of nitro groups is 1. The number of halogens is 1. The van der Waals surface area contributed by atoms with Gasteiger partial charge in [0, 0.05) is 37.0 Å². The van der Waals surface area contributed by atoms with E-state index in [0.717, 1.165) is 38.0 Å². The van der Waals surface area contributed by atoms with Crippen LogP contribution in [0, 0.1) is 10.1 Å². The summed E-state index contributed by atoms with van der Waals surface area (Å²) in [5.74, 6) is -0.352. The molecule has 2 aromatic carbocycles. The molecule has 1 saturated heterocycles. The number of hydrogen-bond acceptors (Lipinski definition) is 5. The van der Waals surface area contributed by atoms with Crippen molar-refractivity contribution in [3.8, 4) is 0 Å². The van der Waals surface area contributed by atoms with Gasteiger partial charge in [-0.1, -0.05) is 25.1 Å². The first-order valence-corrected chi connectivity index (χ1v) is 9.23. The van der Waals surface area contributed by atoms with Gasteiger partial charge in [0.05, 0.1) is 4.92 Å². The van der Waals surface area contributed by atoms with Crippen LogP contribution < -0.4 is 15.5 Å². The van der Waals surface area contributed by atoms with E-state index in [1.165, 1.54) is 6.07 Å². The third kappa shape index (κ3) is 4.99. The second kappa shape index (κ2) is 10.1. The molecular formula is C20H25ClN4O3. The molecule has 1 heterocycles. The van der Waals surface area contributed by atoms with Crippen LogP contribution in [0.25, 0.3) is 0 Å². The standard InChI is InChI=1S/C20H24N4O3.ClH/c1-2-21-14-16-7-3-4-8-17(16)22-20(25)15-9-10-18(19(13-15)24(26)27)23-11-5-6-12-23;/h3-4,7-10,13,21H,2,5-6,11-12,14H2,1H3,(H,22,25);1H. The molecule has 1 amide bonds. The molecule has 0 atom stereocenters. The maximum absolute atomic E-state index is 12.7. The van der Waals surface area contributed by atoms with Crippen molar-refractivity contribution in [2.75, 3.05) is 29.9 Å². The first-order chi connectivity index (χ1) is 13.1. The van der Waals surface area contributed by atoms with Crippen LogP contribution in [0.3, 0.4) is 0 Å². The van der Waals surface area contributed by atoms with Crippen molar-refractivity contribution in [3.63, 3.8) is 0 Å². The van der Waals surface area contributed by atoms with Crippen molar-refractivity contribution in [1.29, 1.82) is 0 Å². The molecule has 1 aliphatic heterocycles. The van der Waals surface area contributed by atoms with E-state index in [-0.39, 0.29) is 29.6 Å². The van der Waals surface area contributed by atoms with Crippen LogP contribution in [0.4, 0.5) is 17.1 Å². The van der Waals surface area contributed by atoms with Gasteiger partial charge in [-0.2, -0.15) is 0 Å². The van der Waals surface area contributed by atoms with Crippen LogP contribution in [-0.4, -0.2) is 30.5 Å². The first kappa shape index (κ1) is 21.7. The van der Waals surface area contributed by atoms with Crippen molar-refractivity contribution < 1.29 is 9.72 Å². The largest absolute Gasteiger partial charge is 0.366 e. The lowest BCUT2D eigenvalue weighted by Gasteiger charge is -2.18. The Kier molecular flexibility index (Phi) is 7.78. The van der Waals surface area contributed by atoms with Crippen LogP contribution in [-0.2, 0) is 6.54 Å². The Hall–Kier alpha value is -2.64. The average molecular weight is 405 g/mol. The zero-order valence-corrected chi connectivity index (χ0v) is 16.6. The van der Waals surface area contributed by atoms with Gasteiger partial charge >= 0.3 is 0 Å². The minimum absolute atomic E-state index is 0. The Bertz CT molecular complexity index is 838. The molecule has 3 rings (SSSR count). The second-order valence-electron chi connectivity index (χ2n) is 6.55. The van der Waals surface area contributed by atoms with E-state index in [9.17, 15) is 14.9 Å². The SMILES string of the molecule is CCNCc1ccccc1NC(=O)c1ccc(N2CCCC2)c([N+](=O)[O-])c1.Cl. The van der Waals surface area contributed by atoms with Crippen LogP contribution in [0.15, 0.2) is 42.5 Å². The summed E-state index contributed by atoms with van der Waals surface area (Å²) in [5.41, 5.74) is 2.51. The van der Waals surface area contributed by atoms with E-state index >= 15 is 0 Å². The molecule has 1 aliphatic rings. The van der Waals surface area contributed by atoms with Crippen LogP contribution in [0.2, 0.25) is 0 Å². The number of rotatable bonds is 7. The summed E-state index contributed by atoms with van der Waals surface area (Å²) >= 11 is 0. The highest BCUT2D eigenvalue weighted by molar-refractivity contribution is 6.05. The number of benzene rings is 2. The van der Waals surface area contributed by atoms with Crippen molar-refractivity contribution in [1.82, 2.24) is 5.32 Å². The van der Waals surface area contributed by atoms with Gasteiger partial charge in [-0.05, 0) is 43.1 Å². The molecule has 0 aromatic heterocycles.